The number of rotatable bonds is 3. The van der Waals surface area contributed by atoms with E-state index in [4.69, 9.17) is 4.74 Å². The Hall–Kier alpha value is -2.92. The summed E-state index contributed by atoms with van der Waals surface area (Å²) in [7, 11) is 0. The second kappa shape index (κ2) is 7.60. The number of halogens is 1. The van der Waals surface area contributed by atoms with Crippen molar-refractivity contribution in [3.05, 3.63) is 99.0 Å². The molecule has 0 aromatic heterocycles. The Morgan fingerprint density at radius 3 is 2.46 bits per heavy atom. The van der Waals surface area contributed by atoms with Crippen molar-refractivity contribution in [3.63, 3.8) is 0 Å². The third-order valence-corrected chi connectivity index (χ3v) is 5.32. The number of ether oxygens (including phenoxy) is 1. The summed E-state index contributed by atoms with van der Waals surface area (Å²) in [4.78, 5) is 25.0. The number of hydrogen-bond donors (Lipinski definition) is 1. The summed E-state index contributed by atoms with van der Waals surface area (Å²) >= 11 is 3.38. The molecule has 0 aliphatic carbocycles. The number of amides is 1. The zero-order valence-electron chi connectivity index (χ0n) is 15.2. The Bertz CT molecular complexity index is 1040. The number of benzene rings is 3. The normalized spacial score (nSPS) is 15.5. The Balaban J connectivity index is 1.57. The highest BCUT2D eigenvalue weighted by Crippen LogP contribution is 2.31. The zero-order valence-corrected chi connectivity index (χ0v) is 16.8. The number of nitrogens with one attached hydrogen (secondary N) is 1. The third-order valence-electron chi connectivity index (χ3n) is 4.79. The molecule has 28 heavy (non-hydrogen) atoms. The average Bonchev–Trinajstić information content (AvgIpc) is 2.69. The smallest absolute Gasteiger partial charge is 0.339 e. The number of cyclic esters (lactones) is 1. The van der Waals surface area contributed by atoms with Crippen LogP contribution in [0, 0.1) is 6.92 Å². The van der Waals surface area contributed by atoms with Gasteiger partial charge in [-0.05, 0) is 60.5 Å². The van der Waals surface area contributed by atoms with Gasteiger partial charge in [-0.25, -0.2) is 4.79 Å². The molecule has 3 aromatic rings. The number of carbonyl (C=O) groups excluding carboxylic acids is 2. The summed E-state index contributed by atoms with van der Waals surface area (Å²) in [6.45, 7) is 2.02. The van der Waals surface area contributed by atoms with Crippen LogP contribution in [0.4, 0.5) is 5.69 Å². The van der Waals surface area contributed by atoms with Crippen molar-refractivity contribution in [1.82, 2.24) is 0 Å². The highest BCUT2D eigenvalue weighted by Gasteiger charge is 2.28. The van der Waals surface area contributed by atoms with Crippen molar-refractivity contribution in [3.8, 4) is 0 Å². The minimum absolute atomic E-state index is 0.212. The van der Waals surface area contributed by atoms with Crippen molar-refractivity contribution in [1.29, 1.82) is 0 Å². The molecule has 1 heterocycles. The zero-order chi connectivity index (χ0) is 19.7. The molecule has 5 heteroatoms. The van der Waals surface area contributed by atoms with Crippen LogP contribution >= 0.6 is 15.9 Å². The number of anilines is 1. The molecule has 1 aliphatic rings. The van der Waals surface area contributed by atoms with Gasteiger partial charge in [-0.2, -0.15) is 0 Å². The van der Waals surface area contributed by atoms with E-state index in [0.717, 1.165) is 21.2 Å². The summed E-state index contributed by atoms with van der Waals surface area (Å²) in [5.74, 6) is -0.567. The maximum atomic E-state index is 12.6. The molecule has 0 unspecified atom stereocenters. The van der Waals surface area contributed by atoms with E-state index >= 15 is 0 Å². The number of carbonyl (C=O) groups is 2. The van der Waals surface area contributed by atoms with Gasteiger partial charge < -0.3 is 10.1 Å². The van der Waals surface area contributed by atoms with E-state index in [1.165, 1.54) is 0 Å². The number of hydrogen-bond acceptors (Lipinski definition) is 3. The molecule has 0 spiro atoms. The van der Waals surface area contributed by atoms with Gasteiger partial charge in [0.25, 0.3) is 5.91 Å². The second-order valence-electron chi connectivity index (χ2n) is 6.84. The van der Waals surface area contributed by atoms with Crippen LogP contribution < -0.4 is 5.32 Å². The largest absolute Gasteiger partial charge is 0.454 e. The SMILES string of the molecule is Cc1ccc([C@H]2Cc3cc(C(=O)Nc4ccc(Br)cc4)ccc3C(=O)O2)cc1. The highest BCUT2D eigenvalue weighted by atomic mass is 79.9. The molecule has 0 saturated carbocycles. The van der Waals surface area contributed by atoms with E-state index in [9.17, 15) is 9.59 Å². The van der Waals surface area contributed by atoms with Crippen LogP contribution in [-0.4, -0.2) is 11.9 Å². The van der Waals surface area contributed by atoms with Crippen molar-refractivity contribution in [2.75, 3.05) is 5.32 Å². The number of fused-ring (bicyclic) bond motifs is 1. The molecule has 4 nitrogen and oxygen atoms in total. The molecule has 0 bridgehead atoms. The van der Waals surface area contributed by atoms with E-state index < -0.39 is 0 Å². The Morgan fingerprint density at radius 2 is 1.75 bits per heavy atom. The van der Waals surface area contributed by atoms with Crippen molar-refractivity contribution >= 4 is 33.5 Å². The summed E-state index contributed by atoms with van der Waals surface area (Å²) in [5.41, 5.74) is 4.67. The lowest BCUT2D eigenvalue weighted by Gasteiger charge is -2.25. The van der Waals surface area contributed by atoms with Gasteiger partial charge in [0.15, 0.2) is 0 Å². The molecular formula is C23H18BrNO3. The Labute approximate surface area is 171 Å². The fraction of sp³-hybridized carbons (Fsp3) is 0.130. The topological polar surface area (TPSA) is 55.4 Å². The lowest BCUT2D eigenvalue weighted by atomic mass is 9.92. The minimum atomic E-state index is -0.355. The van der Waals surface area contributed by atoms with Gasteiger partial charge in [-0.15, -0.1) is 0 Å². The first-order valence-corrected chi connectivity index (χ1v) is 9.76. The van der Waals surface area contributed by atoms with E-state index in [0.29, 0.717) is 23.2 Å². The van der Waals surface area contributed by atoms with Gasteiger partial charge in [0.1, 0.15) is 6.10 Å². The summed E-state index contributed by atoms with van der Waals surface area (Å²) in [6, 6.07) is 20.4. The minimum Gasteiger partial charge on any atom is -0.454 e. The molecule has 0 fully saturated rings. The monoisotopic (exact) mass is 435 g/mol. The van der Waals surface area contributed by atoms with Crippen LogP contribution in [0.2, 0.25) is 0 Å². The quantitative estimate of drug-likeness (QED) is 0.555. The van der Waals surface area contributed by atoms with Crippen LogP contribution in [0.5, 0.6) is 0 Å². The molecule has 1 amide bonds. The highest BCUT2D eigenvalue weighted by molar-refractivity contribution is 9.10. The molecule has 1 atom stereocenters. The van der Waals surface area contributed by atoms with Gasteiger partial charge in [-0.3, -0.25) is 4.79 Å². The number of aryl methyl sites for hydroxylation is 1. The molecule has 1 N–H and O–H groups in total. The number of esters is 1. The van der Waals surface area contributed by atoms with Crippen molar-refractivity contribution in [2.24, 2.45) is 0 Å². The van der Waals surface area contributed by atoms with Gasteiger partial charge in [0.05, 0.1) is 5.56 Å². The summed E-state index contributed by atoms with van der Waals surface area (Å²) < 4.78 is 6.55. The van der Waals surface area contributed by atoms with Gasteiger partial charge in [0, 0.05) is 22.1 Å². The fourth-order valence-electron chi connectivity index (χ4n) is 3.24. The Kier molecular flexibility index (Phi) is 5.01. The van der Waals surface area contributed by atoms with E-state index in [1.807, 2.05) is 55.5 Å². The molecule has 3 aromatic carbocycles. The van der Waals surface area contributed by atoms with Crippen LogP contribution in [-0.2, 0) is 11.2 Å². The first kappa shape index (κ1) is 18.4. The van der Waals surface area contributed by atoms with Crippen LogP contribution in [0.25, 0.3) is 0 Å². The molecule has 0 radical (unpaired) electrons. The second-order valence-corrected chi connectivity index (χ2v) is 7.76. The van der Waals surface area contributed by atoms with Gasteiger partial charge >= 0.3 is 5.97 Å². The standard InChI is InChI=1S/C23H18BrNO3/c1-14-2-4-15(5-3-14)21-13-17-12-16(6-11-20(17)23(27)28-21)22(26)25-19-9-7-18(24)8-10-19/h2-12,21H,13H2,1H3,(H,25,26)/t21-/m1/s1. The first-order chi connectivity index (χ1) is 13.5. The molecule has 0 saturated heterocycles. The molecule has 1 aliphatic heterocycles. The maximum absolute atomic E-state index is 12.6. The van der Waals surface area contributed by atoms with E-state index in [-0.39, 0.29) is 18.0 Å². The van der Waals surface area contributed by atoms with E-state index in [1.54, 1.807) is 18.2 Å². The fourth-order valence-corrected chi connectivity index (χ4v) is 3.50. The Morgan fingerprint density at radius 1 is 1.04 bits per heavy atom. The third kappa shape index (κ3) is 3.85. The van der Waals surface area contributed by atoms with Crippen LogP contribution in [0.1, 0.15) is 43.5 Å². The van der Waals surface area contributed by atoms with Crippen LogP contribution in [0.15, 0.2) is 71.2 Å². The summed E-state index contributed by atoms with van der Waals surface area (Å²) in [5, 5.41) is 2.88. The van der Waals surface area contributed by atoms with Gasteiger partial charge in [-0.1, -0.05) is 45.8 Å². The predicted octanol–water partition coefficient (Wildman–Crippen LogP) is 5.46. The maximum Gasteiger partial charge on any atom is 0.339 e. The molecular weight excluding hydrogens is 418 g/mol. The average molecular weight is 436 g/mol. The lowest BCUT2D eigenvalue weighted by Crippen LogP contribution is -2.23. The predicted molar refractivity (Wildman–Crippen MR) is 112 cm³/mol. The summed E-state index contributed by atoms with van der Waals surface area (Å²) in [6.07, 6.45) is 0.203. The lowest BCUT2D eigenvalue weighted by molar-refractivity contribution is 0.0252. The van der Waals surface area contributed by atoms with E-state index in [2.05, 4.69) is 21.2 Å². The van der Waals surface area contributed by atoms with Crippen molar-refractivity contribution in [2.45, 2.75) is 19.4 Å². The molecule has 4 rings (SSSR count). The van der Waals surface area contributed by atoms with Gasteiger partial charge in [0.2, 0.25) is 0 Å². The van der Waals surface area contributed by atoms with Crippen molar-refractivity contribution < 1.29 is 14.3 Å². The molecule has 140 valence electrons. The van der Waals surface area contributed by atoms with Crippen LogP contribution in [0.3, 0.4) is 0 Å². The first-order valence-electron chi connectivity index (χ1n) is 8.97.